The van der Waals surface area contributed by atoms with E-state index in [-0.39, 0.29) is 22.8 Å². The van der Waals surface area contributed by atoms with Crippen LogP contribution in [0, 0.1) is 5.82 Å². The zero-order valence-electron chi connectivity index (χ0n) is 10.8. The molecule has 2 rings (SSSR count). The molecule has 0 radical (unpaired) electrons. The van der Waals surface area contributed by atoms with E-state index in [0.29, 0.717) is 17.0 Å². The summed E-state index contributed by atoms with van der Waals surface area (Å²) in [6.45, 7) is 0. The summed E-state index contributed by atoms with van der Waals surface area (Å²) in [6, 6.07) is 9.05. The summed E-state index contributed by atoms with van der Waals surface area (Å²) >= 11 is 5.91. The SMILES string of the molecule is COc1ccc(C(=O)Cc2c(F)cccc2Cl)c(N)c1. The van der Waals surface area contributed by atoms with Crippen molar-refractivity contribution in [3.8, 4) is 5.75 Å². The number of hydrogen-bond acceptors (Lipinski definition) is 3. The van der Waals surface area contributed by atoms with Crippen molar-refractivity contribution >= 4 is 23.1 Å². The van der Waals surface area contributed by atoms with E-state index in [0.717, 1.165) is 0 Å². The Hall–Kier alpha value is -2.07. The van der Waals surface area contributed by atoms with E-state index >= 15 is 0 Å². The molecule has 3 nitrogen and oxygen atoms in total. The number of methoxy groups -OCH3 is 1. The molecule has 0 aromatic heterocycles. The predicted octanol–water partition coefficient (Wildman–Crippen LogP) is 3.50. The van der Waals surface area contributed by atoms with E-state index in [1.165, 1.54) is 19.2 Å². The number of hydrogen-bond donors (Lipinski definition) is 1. The minimum absolute atomic E-state index is 0.137. The second-order valence-electron chi connectivity index (χ2n) is 4.25. The second-order valence-corrected chi connectivity index (χ2v) is 4.66. The first kappa shape index (κ1) is 14.3. The maximum atomic E-state index is 13.7. The number of carbonyl (C=O) groups excluding carboxylic acids is 1. The molecule has 5 heteroatoms. The van der Waals surface area contributed by atoms with Crippen LogP contribution in [0.25, 0.3) is 0 Å². The fourth-order valence-corrected chi connectivity index (χ4v) is 2.11. The van der Waals surface area contributed by atoms with Crippen molar-refractivity contribution < 1.29 is 13.9 Å². The van der Waals surface area contributed by atoms with Crippen LogP contribution in [0.2, 0.25) is 5.02 Å². The zero-order chi connectivity index (χ0) is 14.7. The number of halogens is 2. The van der Waals surface area contributed by atoms with Crippen LogP contribution in [0.4, 0.5) is 10.1 Å². The molecule has 0 saturated heterocycles. The molecule has 0 aliphatic rings. The maximum absolute atomic E-state index is 13.7. The lowest BCUT2D eigenvalue weighted by Crippen LogP contribution is -2.09. The number of carbonyl (C=O) groups is 1. The molecule has 0 fully saturated rings. The molecule has 0 bridgehead atoms. The lowest BCUT2D eigenvalue weighted by atomic mass is 10.0. The molecule has 0 unspecified atom stereocenters. The van der Waals surface area contributed by atoms with Gasteiger partial charge in [-0.2, -0.15) is 0 Å². The van der Waals surface area contributed by atoms with Gasteiger partial charge in [-0.1, -0.05) is 17.7 Å². The molecule has 2 aromatic rings. The second kappa shape index (κ2) is 5.92. The molecule has 0 heterocycles. The third-order valence-electron chi connectivity index (χ3n) is 2.96. The smallest absolute Gasteiger partial charge is 0.169 e. The van der Waals surface area contributed by atoms with E-state index in [1.807, 2.05) is 0 Å². The summed E-state index contributed by atoms with van der Waals surface area (Å²) in [7, 11) is 1.51. The molecule has 2 N–H and O–H groups in total. The fraction of sp³-hybridized carbons (Fsp3) is 0.133. The van der Waals surface area contributed by atoms with Gasteiger partial charge in [0.2, 0.25) is 0 Å². The van der Waals surface area contributed by atoms with Crippen molar-refractivity contribution in [2.45, 2.75) is 6.42 Å². The van der Waals surface area contributed by atoms with Crippen molar-refractivity contribution in [3.05, 3.63) is 58.4 Å². The van der Waals surface area contributed by atoms with Crippen LogP contribution < -0.4 is 10.5 Å². The highest BCUT2D eigenvalue weighted by molar-refractivity contribution is 6.31. The Bertz CT molecular complexity index is 638. The number of nitrogens with two attached hydrogens (primary N) is 1. The predicted molar refractivity (Wildman–Crippen MR) is 76.9 cm³/mol. The minimum atomic E-state index is -0.502. The van der Waals surface area contributed by atoms with E-state index in [1.54, 1.807) is 24.3 Å². The first-order valence-electron chi connectivity index (χ1n) is 5.92. The number of ether oxygens (including phenoxy) is 1. The van der Waals surface area contributed by atoms with Crippen LogP contribution in [0.5, 0.6) is 5.75 Å². The van der Waals surface area contributed by atoms with Crippen molar-refractivity contribution in [1.29, 1.82) is 0 Å². The van der Waals surface area contributed by atoms with E-state index in [4.69, 9.17) is 22.1 Å². The fourth-order valence-electron chi connectivity index (χ4n) is 1.88. The number of benzene rings is 2. The maximum Gasteiger partial charge on any atom is 0.169 e. The van der Waals surface area contributed by atoms with E-state index in [2.05, 4.69) is 0 Å². The monoisotopic (exact) mass is 293 g/mol. The van der Waals surface area contributed by atoms with Crippen LogP contribution in [0.15, 0.2) is 36.4 Å². The summed E-state index contributed by atoms with van der Waals surface area (Å²) in [5.41, 5.74) is 6.59. The van der Waals surface area contributed by atoms with Crippen LogP contribution in [0.3, 0.4) is 0 Å². The van der Waals surface area contributed by atoms with Crippen LogP contribution >= 0.6 is 11.6 Å². The highest BCUT2D eigenvalue weighted by atomic mass is 35.5. The molecule has 0 amide bonds. The van der Waals surface area contributed by atoms with Crippen LogP contribution in [-0.4, -0.2) is 12.9 Å². The number of nitrogen functional groups attached to an aromatic ring is 1. The Morgan fingerprint density at radius 1 is 1.35 bits per heavy atom. The quantitative estimate of drug-likeness (QED) is 0.693. The van der Waals surface area contributed by atoms with Gasteiger partial charge in [0, 0.05) is 34.3 Å². The van der Waals surface area contributed by atoms with Gasteiger partial charge >= 0.3 is 0 Å². The summed E-state index contributed by atoms with van der Waals surface area (Å²) in [5.74, 6) is -0.238. The van der Waals surface area contributed by atoms with Crippen molar-refractivity contribution in [3.63, 3.8) is 0 Å². The molecule has 0 atom stereocenters. The van der Waals surface area contributed by atoms with Gasteiger partial charge in [0.05, 0.1) is 7.11 Å². The average molecular weight is 294 g/mol. The normalized spacial score (nSPS) is 10.3. The third-order valence-corrected chi connectivity index (χ3v) is 3.31. The molecule has 0 aliphatic carbocycles. The highest BCUT2D eigenvalue weighted by Gasteiger charge is 2.15. The van der Waals surface area contributed by atoms with Crippen LogP contribution in [0.1, 0.15) is 15.9 Å². The van der Waals surface area contributed by atoms with Crippen molar-refractivity contribution in [2.75, 3.05) is 12.8 Å². The average Bonchev–Trinajstić information content (AvgIpc) is 2.42. The molecule has 20 heavy (non-hydrogen) atoms. The third kappa shape index (κ3) is 2.91. The number of anilines is 1. The Morgan fingerprint density at radius 3 is 2.70 bits per heavy atom. The zero-order valence-corrected chi connectivity index (χ0v) is 11.6. The molecule has 2 aromatic carbocycles. The summed E-state index contributed by atoms with van der Waals surface area (Å²) in [6.07, 6.45) is -0.137. The molecule has 104 valence electrons. The number of ketones is 1. The van der Waals surface area contributed by atoms with Gasteiger partial charge < -0.3 is 10.5 Å². The van der Waals surface area contributed by atoms with Gasteiger partial charge in [0.25, 0.3) is 0 Å². The largest absolute Gasteiger partial charge is 0.497 e. The first-order chi connectivity index (χ1) is 9.52. The summed E-state index contributed by atoms with van der Waals surface area (Å²) < 4.78 is 18.7. The Labute approximate surface area is 121 Å². The topological polar surface area (TPSA) is 52.3 Å². The summed E-state index contributed by atoms with van der Waals surface area (Å²) in [5, 5.41) is 0.227. The van der Waals surface area contributed by atoms with Gasteiger partial charge in [-0.15, -0.1) is 0 Å². The van der Waals surface area contributed by atoms with Gasteiger partial charge in [0.1, 0.15) is 11.6 Å². The summed E-state index contributed by atoms with van der Waals surface area (Å²) in [4.78, 5) is 12.2. The number of rotatable bonds is 4. The van der Waals surface area contributed by atoms with Gasteiger partial charge in [-0.25, -0.2) is 4.39 Å². The Kier molecular flexibility index (Phi) is 4.25. The lowest BCUT2D eigenvalue weighted by Gasteiger charge is -2.08. The Morgan fingerprint density at radius 2 is 2.10 bits per heavy atom. The molecule has 0 spiro atoms. The minimum Gasteiger partial charge on any atom is -0.497 e. The van der Waals surface area contributed by atoms with Gasteiger partial charge in [0.15, 0.2) is 5.78 Å². The highest BCUT2D eigenvalue weighted by Crippen LogP contribution is 2.24. The van der Waals surface area contributed by atoms with E-state index < -0.39 is 5.82 Å². The first-order valence-corrected chi connectivity index (χ1v) is 6.30. The number of Topliss-reactive ketones (excluding diaryl/α,β-unsaturated/α-hetero) is 1. The molecule has 0 saturated carbocycles. The molecule has 0 aliphatic heterocycles. The van der Waals surface area contributed by atoms with Crippen molar-refractivity contribution in [1.82, 2.24) is 0 Å². The van der Waals surface area contributed by atoms with Crippen LogP contribution in [-0.2, 0) is 6.42 Å². The Balaban J connectivity index is 2.29. The van der Waals surface area contributed by atoms with Crippen molar-refractivity contribution in [2.24, 2.45) is 0 Å². The standard InChI is InChI=1S/C15H13ClFNO2/c1-20-9-5-6-10(14(18)7-9)15(19)8-11-12(16)3-2-4-13(11)17/h2-7H,8,18H2,1H3. The van der Waals surface area contributed by atoms with Gasteiger partial charge in [-0.3, -0.25) is 4.79 Å². The lowest BCUT2D eigenvalue weighted by molar-refractivity contribution is 0.0992. The molecular weight excluding hydrogens is 281 g/mol. The van der Waals surface area contributed by atoms with Gasteiger partial charge in [-0.05, 0) is 24.3 Å². The van der Waals surface area contributed by atoms with E-state index in [9.17, 15) is 9.18 Å². The molecular formula is C15H13ClFNO2.